The number of nitrogens with zero attached hydrogens (tertiary/aromatic N) is 3. The van der Waals surface area contributed by atoms with Crippen LogP contribution in [0, 0.1) is 5.92 Å². The Morgan fingerprint density at radius 1 is 1.22 bits per heavy atom. The summed E-state index contributed by atoms with van der Waals surface area (Å²) in [4.78, 5) is 17.5. The van der Waals surface area contributed by atoms with Gasteiger partial charge < -0.3 is 4.74 Å². The van der Waals surface area contributed by atoms with Gasteiger partial charge in [-0.3, -0.25) is 18.9 Å². The van der Waals surface area contributed by atoms with E-state index in [4.69, 9.17) is 4.74 Å². The Morgan fingerprint density at radius 2 is 1.89 bits per heavy atom. The highest BCUT2D eigenvalue weighted by Crippen LogP contribution is 2.32. The van der Waals surface area contributed by atoms with Crippen LogP contribution in [0.4, 0.5) is 18.9 Å². The van der Waals surface area contributed by atoms with Gasteiger partial charge in [0.2, 0.25) is 10.0 Å². The molecule has 0 radical (unpaired) electrons. The highest BCUT2D eigenvalue weighted by Gasteiger charge is 2.32. The van der Waals surface area contributed by atoms with E-state index in [0.29, 0.717) is 19.2 Å². The number of alkyl halides is 3. The fourth-order valence-corrected chi connectivity index (χ4v) is 5.84. The highest BCUT2D eigenvalue weighted by molar-refractivity contribution is 7.92. The molecule has 1 amide bonds. The Kier molecular flexibility index (Phi) is 8.33. The van der Waals surface area contributed by atoms with Gasteiger partial charge in [0.05, 0.1) is 35.2 Å². The van der Waals surface area contributed by atoms with Gasteiger partial charge >= 0.3 is 6.18 Å². The molecule has 1 aliphatic rings. The summed E-state index contributed by atoms with van der Waals surface area (Å²) >= 11 is 0. The van der Waals surface area contributed by atoms with Crippen LogP contribution in [0.15, 0.2) is 29.3 Å². The number of rotatable bonds is 7. The Bertz CT molecular complexity index is 1310. The van der Waals surface area contributed by atoms with Crippen LogP contribution in [0.25, 0.3) is 0 Å². The molecule has 2 aromatic rings. The van der Waals surface area contributed by atoms with Crippen LogP contribution in [0.1, 0.15) is 69.1 Å². The second kappa shape index (κ2) is 10.6. The average molecular weight is 545 g/mol. The molecule has 0 bridgehead atoms. The Balaban J connectivity index is 2.14. The number of sulfonamides is 1. The molecule has 37 heavy (non-hydrogen) atoms. The molecule has 1 aromatic heterocycles. The van der Waals surface area contributed by atoms with E-state index in [9.17, 15) is 26.4 Å². The van der Waals surface area contributed by atoms with E-state index >= 15 is 0 Å². The number of ether oxygens (including phenoxy) is 1. The lowest BCUT2D eigenvalue weighted by atomic mass is 9.92. The Morgan fingerprint density at radius 3 is 2.43 bits per heavy atom. The molecule has 1 aromatic carbocycles. The number of carbonyl (C=O) groups excluding carboxylic acids is 1. The van der Waals surface area contributed by atoms with Crippen LogP contribution in [-0.2, 0) is 39.9 Å². The molecule has 0 saturated carbocycles. The van der Waals surface area contributed by atoms with Gasteiger partial charge in [0.15, 0.2) is 5.49 Å². The van der Waals surface area contributed by atoms with E-state index in [0.717, 1.165) is 30.7 Å². The second-order valence-corrected chi connectivity index (χ2v) is 12.6. The zero-order valence-electron chi connectivity index (χ0n) is 22.0. The van der Waals surface area contributed by atoms with Crippen molar-refractivity contribution in [2.75, 3.05) is 17.1 Å². The number of amides is 1. The number of nitrogens with one attached hydrogen (secondary N) is 1. The maximum atomic E-state index is 13.5. The number of hydrogen-bond acceptors (Lipinski definition) is 4. The van der Waals surface area contributed by atoms with Gasteiger partial charge in [-0.1, -0.05) is 34.6 Å². The quantitative estimate of drug-likeness (QED) is 0.557. The number of halogens is 3. The zero-order valence-corrected chi connectivity index (χ0v) is 22.8. The Labute approximate surface area is 215 Å². The van der Waals surface area contributed by atoms with Gasteiger partial charge in [0.25, 0.3) is 5.91 Å². The molecule has 1 saturated heterocycles. The van der Waals surface area contributed by atoms with E-state index in [-0.39, 0.29) is 34.4 Å². The molecule has 1 atom stereocenters. The maximum absolute atomic E-state index is 13.5. The third-order valence-electron chi connectivity index (χ3n) is 6.02. The van der Waals surface area contributed by atoms with Crippen molar-refractivity contribution in [3.05, 3.63) is 46.6 Å². The van der Waals surface area contributed by atoms with Crippen LogP contribution in [0.2, 0.25) is 0 Å². The summed E-state index contributed by atoms with van der Waals surface area (Å²) in [5.74, 6) is -1.47. The smallest absolute Gasteiger partial charge is 0.376 e. The number of carbonyl (C=O) groups is 1. The summed E-state index contributed by atoms with van der Waals surface area (Å²) in [7, 11) is -2.08. The molecular weight excluding hydrogens is 509 g/mol. The van der Waals surface area contributed by atoms with Crippen molar-refractivity contribution in [3.8, 4) is 0 Å². The third kappa shape index (κ3) is 7.25. The van der Waals surface area contributed by atoms with Crippen LogP contribution < -0.4 is 10.2 Å². The predicted octanol–water partition coefficient (Wildman–Crippen LogP) is 4.46. The first kappa shape index (κ1) is 29.0. The minimum atomic E-state index is -4.73. The van der Waals surface area contributed by atoms with E-state index in [1.54, 1.807) is 24.6 Å². The molecular formula is C25H35F3N4O4S. The molecule has 1 N–H and O–H groups in total. The minimum absolute atomic E-state index is 0.0811. The summed E-state index contributed by atoms with van der Waals surface area (Å²) in [5.41, 5.74) is -1.00. The average Bonchev–Trinajstić information content (AvgIpc) is 3.35. The fourth-order valence-electron chi connectivity index (χ4n) is 4.36. The van der Waals surface area contributed by atoms with Crippen LogP contribution >= 0.6 is 0 Å². The lowest BCUT2D eigenvalue weighted by Crippen LogP contribution is -2.30. The molecule has 1 aliphatic heterocycles. The van der Waals surface area contributed by atoms with Gasteiger partial charge in [-0.25, -0.2) is 8.42 Å². The molecule has 0 unspecified atom stereocenters. The summed E-state index contributed by atoms with van der Waals surface area (Å²) < 4.78 is 77.2. The molecule has 12 heteroatoms. The zero-order chi connectivity index (χ0) is 27.8. The maximum Gasteiger partial charge on any atom is 0.416 e. The van der Waals surface area contributed by atoms with E-state index in [2.05, 4.69) is 9.71 Å². The number of anilines is 1. The lowest BCUT2D eigenvalue weighted by molar-refractivity contribution is -0.137. The fraction of sp³-hybridized carbons (Fsp3) is 0.600. The normalized spacial score (nSPS) is 17.6. The largest absolute Gasteiger partial charge is 0.416 e. The van der Waals surface area contributed by atoms with Crippen LogP contribution in [0.5, 0.6) is 0 Å². The van der Waals surface area contributed by atoms with Gasteiger partial charge in [0.1, 0.15) is 0 Å². The summed E-state index contributed by atoms with van der Waals surface area (Å²) in [5, 5.41) is 0. The van der Waals surface area contributed by atoms with Crippen molar-refractivity contribution in [2.45, 2.75) is 71.7 Å². The van der Waals surface area contributed by atoms with Crippen molar-refractivity contribution < 1.29 is 31.1 Å². The van der Waals surface area contributed by atoms with Crippen molar-refractivity contribution in [2.24, 2.45) is 18.0 Å². The van der Waals surface area contributed by atoms with Gasteiger partial charge in [-0.05, 0) is 37.0 Å². The van der Waals surface area contributed by atoms with Gasteiger partial charge in [-0.2, -0.15) is 18.2 Å². The van der Waals surface area contributed by atoms with Gasteiger partial charge in [-0.15, -0.1) is 0 Å². The molecule has 0 spiro atoms. The topological polar surface area (TPSA) is 94.7 Å². The van der Waals surface area contributed by atoms with Crippen LogP contribution in [0.3, 0.4) is 0 Å². The minimum Gasteiger partial charge on any atom is -0.376 e. The molecule has 2 heterocycles. The summed E-state index contributed by atoms with van der Waals surface area (Å²) in [6.07, 6.45) is -3.05. The summed E-state index contributed by atoms with van der Waals surface area (Å²) in [6.45, 7) is 10.4. The second-order valence-electron chi connectivity index (χ2n) is 10.8. The number of hydrogen-bond donors (Lipinski definition) is 1. The first-order valence-corrected chi connectivity index (χ1v) is 13.8. The van der Waals surface area contributed by atoms with E-state index in [1.165, 1.54) is 0 Å². The molecule has 3 rings (SSSR count). The molecule has 206 valence electrons. The first-order chi connectivity index (χ1) is 17.0. The highest BCUT2D eigenvalue weighted by atomic mass is 32.2. The number of benzene rings is 1. The molecule has 0 aliphatic carbocycles. The van der Waals surface area contributed by atoms with Crippen LogP contribution in [-0.4, -0.2) is 42.2 Å². The number of aromatic nitrogens is 2. The van der Waals surface area contributed by atoms with Crippen molar-refractivity contribution in [3.63, 3.8) is 0 Å². The van der Waals surface area contributed by atoms with E-state index in [1.807, 2.05) is 32.5 Å². The Hall–Kier alpha value is -2.60. The lowest BCUT2D eigenvalue weighted by Gasteiger charge is -2.21. The first-order valence-electron chi connectivity index (χ1n) is 12.2. The van der Waals surface area contributed by atoms with Crippen molar-refractivity contribution in [1.29, 1.82) is 0 Å². The van der Waals surface area contributed by atoms with Crippen molar-refractivity contribution in [1.82, 2.24) is 9.36 Å². The van der Waals surface area contributed by atoms with E-state index < -0.39 is 33.2 Å². The predicted molar refractivity (Wildman–Crippen MR) is 135 cm³/mol. The standard InChI is InChI=1S/C25H35F3N4O4S/c1-16(2)15-37(34,35)30-20-10-9-17(25(26,27)28)12-19(20)23(33)29-22-13-21(24(3,4)5)31(6)32(22)14-18-8-7-11-36-18/h9-10,12-13,16,18,30H,7-8,11,14-15H2,1-6H3/b29-22+/t18-/m1/s1. The third-order valence-corrected chi connectivity index (χ3v) is 7.66. The molecule has 1 fully saturated rings. The van der Waals surface area contributed by atoms with Gasteiger partial charge in [0, 0.05) is 30.8 Å². The monoisotopic (exact) mass is 544 g/mol. The molecule has 8 nitrogen and oxygen atoms in total. The SMILES string of the molecule is CC(C)CS(=O)(=O)Nc1ccc(C(F)(F)F)cc1C(=O)/N=c1\cc(C(C)(C)C)n(C)n1C[C@H]1CCCO1. The summed E-state index contributed by atoms with van der Waals surface area (Å²) in [6, 6.07) is 4.05. The van der Waals surface area contributed by atoms with Crippen molar-refractivity contribution >= 4 is 21.6 Å².